The Balaban J connectivity index is 2.24. The van der Waals surface area contributed by atoms with Gasteiger partial charge >= 0.3 is 0 Å². The SMILES string of the molecule is CNS(=O)(=O)c1ccc(C)c(NCc2ccnn2C)c1. The second-order valence-corrected chi connectivity index (χ2v) is 6.37. The van der Waals surface area contributed by atoms with Crippen LogP contribution in [-0.2, 0) is 23.6 Å². The molecule has 6 nitrogen and oxygen atoms in total. The summed E-state index contributed by atoms with van der Waals surface area (Å²) in [6, 6.07) is 6.93. The number of sulfonamides is 1. The summed E-state index contributed by atoms with van der Waals surface area (Å²) in [6.45, 7) is 2.52. The zero-order chi connectivity index (χ0) is 14.8. The summed E-state index contributed by atoms with van der Waals surface area (Å²) in [5.41, 5.74) is 2.80. The van der Waals surface area contributed by atoms with Gasteiger partial charge in [-0.2, -0.15) is 5.10 Å². The average Bonchev–Trinajstić information content (AvgIpc) is 2.83. The van der Waals surface area contributed by atoms with Crippen LogP contribution in [0, 0.1) is 6.92 Å². The van der Waals surface area contributed by atoms with E-state index in [0.717, 1.165) is 16.9 Å². The molecule has 0 aliphatic heterocycles. The van der Waals surface area contributed by atoms with Gasteiger partial charge in [0, 0.05) is 18.9 Å². The molecule has 0 saturated heterocycles. The number of anilines is 1. The molecule has 0 atom stereocenters. The van der Waals surface area contributed by atoms with E-state index in [4.69, 9.17) is 0 Å². The van der Waals surface area contributed by atoms with Crippen LogP contribution in [0.3, 0.4) is 0 Å². The van der Waals surface area contributed by atoms with Gasteiger partial charge < -0.3 is 5.32 Å². The maximum absolute atomic E-state index is 11.8. The smallest absolute Gasteiger partial charge is 0.240 e. The monoisotopic (exact) mass is 294 g/mol. The fourth-order valence-electron chi connectivity index (χ4n) is 1.84. The molecule has 7 heteroatoms. The van der Waals surface area contributed by atoms with Crippen molar-refractivity contribution in [2.75, 3.05) is 12.4 Å². The van der Waals surface area contributed by atoms with Crippen LogP contribution in [-0.4, -0.2) is 25.2 Å². The van der Waals surface area contributed by atoms with Crippen molar-refractivity contribution in [2.45, 2.75) is 18.4 Å². The lowest BCUT2D eigenvalue weighted by Gasteiger charge is -2.12. The zero-order valence-corrected chi connectivity index (χ0v) is 12.5. The number of aromatic nitrogens is 2. The molecule has 1 aromatic carbocycles. The van der Waals surface area contributed by atoms with E-state index in [9.17, 15) is 8.42 Å². The summed E-state index contributed by atoms with van der Waals surface area (Å²) in [5, 5.41) is 7.33. The second-order valence-electron chi connectivity index (χ2n) is 4.48. The lowest BCUT2D eigenvalue weighted by molar-refractivity contribution is 0.588. The molecule has 0 spiro atoms. The van der Waals surface area contributed by atoms with Crippen molar-refractivity contribution in [3.63, 3.8) is 0 Å². The number of rotatable bonds is 5. The summed E-state index contributed by atoms with van der Waals surface area (Å²) in [7, 11) is -0.158. The van der Waals surface area contributed by atoms with E-state index in [2.05, 4.69) is 15.1 Å². The first kappa shape index (κ1) is 14.5. The fraction of sp³-hybridized carbons (Fsp3) is 0.308. The second kappa shape index (κ2) is 5.64. The van der Waals surface area contributed by atoms with Crippen LogP contribution in [0.25, 0.3) is 0 Å². The Kier molecular flexibility index (Phi) is 4.10. The molecule has 0 aliphatic rings. The Bertz CT molecular complexity index is 707. The van der Waals surface area contributed by atoms with Gasteiger partial charge in [-0.15, -0.1) is 0 Å². The third kappa shape index (κ3) is 3.00. The zero-order valence-electron chi connectivity index (χ0n) is 11.7. The van der Waals surface area contributed by atoms with Gasteiger partial charge in [0.1, 0.15) is 0 Å². The maximum Gasteiger partial charge on any atom is 0.240 e. The molecule has 0 aliphatic carbocycles. The minimum Gasteiger partial charge on any atom is -0.379 e. The summed E-state index contributed by atoms with van der Waals surface area (Å²) in [4.78, 5) is 0.248. The first-order valence-electron chi connectivity index (χ1n) is 6.19. The molecule has 1 heterocycles. The lowest BCUT2D eigenvalue weighted by atomic mass is 10.2. The fourth-order valence-corrected chi connectivity index (χ4v) is 2.59. The van der Waals surface area contributed by atoms with Crippen LogP contribution >= 0.6 is 0 Å². The number of nitrogens with one attached hydrogen (secondary N) is 2. The summed E-state index contributed by atoms with van der Waals surface area (Å²) < 4.78 is 27.7. The van der Waals surface area contributed by atoms with Crippen molar-refractivity contribution in [3.8, 4) is 0 Å². The van der Waals surface area contributed by atoms with Crippen LogP contribution in [0.4, 0.5) is 5.69 Å². The van der Waals surface area contributed by atoms with Gasteiger partial charge in [0.05, 0.1) is 17.1 Å². The molecule has 0 amide bonds. The topological polar surface area (TPSA) is 76.0 Å². The van der Waals surface area contributed by atoms with Gasteiger partial charge in [0.25, 0.3) is 0 Å². The number of aryl methyl sites for hydroxylation is 2. The summed E-state index contributed by atoms with van der Waals surface area (Å²) >= 11 is 0. The van der Waals surface area contributed by atoms with E-state index in [1.54, 1.807) is 29.1 Å². The number of hydrogen-bond donors (Lipinski definition) is 2. The molecule has 108 valence electrons. The van der Waals surface area contributed by atoms with E-state index in [0.29, 0.717) is 6.54 Å². The van der Waals surface area contributed by atoms with Gasteiger partial charge in [0.2, 0.25) is 10.0 Å². The van der Waals surface area contributed by atoms with E-state index < -0.39 is 10.0 Å². The average molecular weight is 294 g/mol. The van der Waals surface area contributed by atoms with Gasteiger partial charge in [-0.25, -0.2) is 13.1 Å². The normalized spacial score (nSPS) is 11.6. The van der Waals surface area contributed by atoms with Crippen molar-refractivity contribution >= 4 is 15.7 Å². The summed E-state index contributed by atoms with van der Waals surface area (Å²) in [6.07, 6.45) is 1.73. The highest BCUT2D eigenvalue weighted by atomic mass is 32.2. The van der Waals surface area contributed by atoms with Crippen molar-refractivity contribution in [3.05, 3.63) is 41.7 Å². The molecular weight excluding hydrogens is 276 g/mol. The Hall–Kier alpha value is -1.86. The van der Waals surface area contributed by atoms with Crippen LogP contribution in [0.1, 0.15) is 11.3 Å². The highest BCUT2D eigenvalue weighted by Gasteiger charge is 2.12. The van der Waals surface area contributed by atoms with Crippen molar-refractivity contribution in [1.29, 1.82) is 0 Å². The van der Waals surface area contributed by atoms with Gasteiger partial charge in [-0.3, -0.25) is 4.68 Å². The van der Waals surface area contributed by atoms with Gasteiger partial charge in [0.15, 0.2) is 0 Å². The highest BCUT2D eigenvalue weighted by Crippen LogP contribution is 2.20. The van der Waals surface area contributed by atoms with Crippen molar-refractivity contribution in [1.82, 2.24) is 14.5 Å². The third-order valence-corrected chi connectivity index (χ3v) is 4.58. The van der Waals surface area contributed by atoms with E-state index in [-0.39, 0.29) is 4.90 Å². The molecule has 1 aromatic heterocycles. The quantitative estimate of drug-likeness (QED) is 0.870. The first-order valence-corrected chi connectivity index (χ1v) is 7.67. The predicted octanol–water partition coefficient (Wildman–Crippen LogP) is 1.25. The molecule has 20 heavy (non-hydrogen) atoms. The molecule has 0 saturated carbocycles. The van der Waals surface area contributed by atoms with Crippen LogP contribution < -0.4 is 10.0 Å². The van der Waals surface area contributed by atoms with Crippen LogP contribution in [0.2, 0.25) is 0 Å². The van der Waals surface area contributed by atoms with Crippen molar-refractivity contribution in [2.24, 2.45) is 7.05 Å². The third-order valence-electron chi connectivity index (χ3n) is 3.17. The molecule has 2 aromatic rings. The Morgan fingerprint density at radius 1 is 1.30 bits per heavy atom. The Morgan fingerprint density at radius 2 is 2.05 bits per heavy atom. The molecule has 0 radical (unpaired) electrons. The molecule has 0 bridgehead atoms. The standard InChI is InChI=1S/C13H18N4O2S/c1-10-4-5-12(20(18,19)14-2)8-13(10)15-9-11-6-7-16-17(11)3/h4-8,14-15H,9H2,1-3H3. The first-order chi connectivity index (χ1) is 9.44. The van der Waals surface area contributed by atoms with Gasteiger partial charge in [-0.1, -0.05) is 6.07 Å². The van der Waals surface area contributed by atoms with Gasteiger partial charge in [-0.05, 0) is 37.7 Å². The Labute approximate surface area is 118 Å². The number of nitrogens with zero attached hydrogens (tertiary/aromatic N) is 2. The number of hydrogen-bond acceptors (Lipinski definition) is 4. The lowest BCUT2D eigenvalue weighted by Crippen LogP contribution is -2.18. The molecule has 0 unspecified atom stereocenters. The predicted molar refractivity (Wildman–Crippen MR) is 78.0 cm³/mol. The minimum absolute atomic E-state index is 0.248. The van der Waals surface area contributed by atoms with Crippen molar-refractivity contribution < 1.29 is 8.42 Å². The highest BCUT2D eigenvalue weighted by molar-refractivity contribution is 7.89. The molecule has 2 rings (SSSR count). The minimum atomic E-state index is -3.43. The van der Waals surface area contributed by atoms with Crippen LogP contribution in [0.5, 0.6) is 0 Å². The maximum atomic E-state index is 11.8. The molecule has 2 N–H and O–H groups in total. The number of benzene rings is 1. The molecule has 0 fully saturated rings. The largest absolute Gasteiger partial charge is 0.379 e. The van der Waals surface area contributed by atoms with E-state index in [1.165, 1.54) is 7.05 Å². The van der Waals surface area contributed by atoms with E-state index in [1.807, 2.05) is 20.0 Å². The van der Waals surface area contributed by atoms with Crippen LogP contribution in [0.15, 0.2) is 35.4 Å². The van der Waals surface area contributed by atoms with E-state index >= 15 is 0 Å². The molecular formula is C13H18N4O2S. The summed E-state index contributed by atoms with van der Waals surface area (Å²) in [5.74, 6) is 0. The Morgan fingerprint density at radius 3 is 2.65 bits per heavy atom.